The summed E-state index contributed by atoms with van der Waals surface area (Å²) in [7, 11) is 2.08. The fraction of sp³-hybridized carbons (Fsp3) is 0.667. The second-order valence-corrected chi connectivity index (χ2v) is 2.10. The van der Waals surface area contributed by atoms with E-state index in [1.165, 1.54) is 0 Å². The van der Waals surface area contributed by atoms with E-state index in [1.807, 2.05) is 0 Å². The van der Waals surface area contributed by atoms with E-state index in [-0.39, 0.29) is 0 Å². The predicted octanol–water partition coefficient (Wildman–Crippen LogP) is 0.682. The summed E-state index contributed by atoms with van der Waals surface area (Å²) in [6.07, 6.45) is 4.20. The van der Waals surface area contributed by atoms with Crippen molar-refractivity contribution in [3.8, 4) is 0 Å². The Labute approximate surface area is 50.4 Å². The lowest BCUT2D eigenvalue weighted by Gasteiger charge is -2.14. The van der Waals surface area contributed by atoms with Gasteiger partial charge in [0, 0.05) is 26.0 Å². The Morgan fingerprint density at radius 2 is 2.25 bits per heavy atom. The van der Waals surface area contributed by atoms with Gasteiger partial charge in [-0.1, -0.05) is 0 Å². The van der Waals surface area contributed by atoms with Crippen LogP contribution in [-0.4, -0.2) is 30.1 Å². The zero-order valence-electron chi connectivity index (χ0n) is 5.46. The topological polar surface area (TPSA) is 6.48 Å². The molecule has 0 aliphatic carbocycles. The second kappa shape index (κ2) is 2.07. The molecule has 0 atom stereocenters. The van der Waals surface area contributed by atoms with Crippen LogP contribution in [0.4, 0.5) is 0 Å². The van der Waals surface area contributed by atoms with Gasteiger partial charge in [-0.15, -0.1) is 0 Å². The minimum atomic E-state index is 1.05. The molecule has 0 N–H and O–H groups in total. The van der Waals surface area contributed by atoms with Gasteiger partial charge in [-0.05, 0) is 6.92 Å². The first-order valence-electron chi connectivity index (χ1n) is 2.95. The quantitative estimate of drug-likeness (QED) is 0.492. The van der Waals surface area contributed by atoms with Crippen molar-refractivity contribution in [2.24, 2.45) is 0 Å². The molecular weight excluding hydrogens is 100 g/mol. The first-order valence-corrected chi connectivity index (χ1v) is 2.95. The Balaban J connectivity index is 2.34. The molecule has 0 unspecified atom stereocenters. The van der Waals surface area contributed by atoms with Crippen molar-refractivity contribution < 1.29 is 0 Å². The maximum atomic E-state index is 2.25. The molecule has 46 valence electrons. The van der Waals surface area contributed by atoms with Crippen LogP contribution < -0.4 is 0 Å². The molecule has 2 nitrogen and oxygen atoms in total. The van der Waals surface area contributed by atoms with Crippen molar-refractivity contribution in [2.45, 2.75) is 6.92 Å². The van der Waals surface area contributed by atoms with Crippen molar-refractivity contribution in [1.82, 2.24) is 9.80 Å². The molecule has 0 radical (unpaired) electrons. The number of nitrogens with zero attached hydrogens (tertiary/aromatic N) is 2. The van der Waals surface area contributed by atoms with Crippen molar-refractivity contribution in [3.05, 3.63) is 12.4 Å². The molecule has 0 spiro atoms. The summed E-state index contributed by atoms with van der Waals surface area (Å²) >= 11 is 0. The minimum absolute atomic E-state index is 1.05. The van der Waals surface area contributed by atoms with E-state index in [2.05, 4.69) is 36.2 Å². The molecular formula is C6H12N2. The molecule has 8 heavy (non-hydrogen) atoms. The van der Waals surface area contributed by atoms with E-state index in [0.717, 1.165) is 13.2 Å². The van der Waals surface area contributed by atoms with E-state index >= 15 is 0 Å². The van der Waals surface area contributed by atoms with Gasteiger partial charge in [0.25, 0.3) is 0 Å². The van der Waals surface area contributed by atoms with Crippen molar-refractivity contribution >= 4 is 0 Å². The third-order valence-corrected chi connectivity index (χ3v) is 1.34. The summed E-state index contributed by atoms with van der Waals surface area (Å²) in [5, 5.41) is 0. The molecule has 1 aliphatic heterocycles. The highest BCUT2D eigenvalue weighted by molar-refractivity contribution is 4.87. The van der Waals surface area contributed by atoms with Gasteiger partial charge < -0.3 is 9.80 Å². The SMILES string of the molecule is CCN1C=CN(C)C1. The van der Waals surface area contributed by atoms with Gasteiger partial charge in [-0.25, -0.2) is 0 Å². The Morgan fingerprint density at radius 3 is 2.50 bits per heavy atom. The van der Waals surface area contributed by atoms with Crippen LogP contribution in [0.25, 0.3) is 0 Å². The van der Waals surface area contributed by atoms with E-state index in [9.17, 15) is 0 Å². The van der Waals surface area contributed by atoms with Gasteiger partial charge in [0.2, 0.25) is 0 Å². The third-order valence-electron chi connectivity index (χ3n) is 1.34. The van der Waals surface area contributed by atoms with Crippen LogP contribution in [0.15, 0.2) is 12.4 Å². The average molecular weight is 112 g/mol. The lowest BCUT2D eigenvalue weighted by atomic mass is 10.6. The van der Waals surface area contributed by atoms with Crippen LogP contribution in [0.2, 0.25) is 0 Å². The first kappa shape index (κ1) is 5.48. The van der Waals surface area contributed by atoms with Crippen molar-refractivity contribution in [3.63, 3.8) is 0 Å². The van der Waals surface area contributed by atoms with Crippen molar-refractivity contribution in [2.75, 3.05) is 20.3 Å². The summed E-state index contributed by atoms with van der Waals surface area (Å²) < 4.78 is 0. The smallest absolute Gasteiger partial charge is 0.0890 e. The van der Waals surface area contributed by atoms with Gasteiger partial charge in [0.15, 0.2) is 0 Å². The van der Waals surface area contributed by atoms with E-state index in [4.69, 9.17) is 0 Å². The Hall–Kier alpha value is -0.660. The standard InChI is InChI=1S/C6H12N2/c1-3-8-5-4-7(2)6-8/h4-5H,3,6H2,1-2H3. The molecule has 0 bridgehead atoms. The highest BCUT2D eigenvalue weighted by Gasteiger charge is 2.03. The van der Waals surface area contributed by atoms with Crippen LogP contribution >= 0.6 is 0 Å². The van der Waals surface area contributed by atoms with Gasteiger partial charge in [0.1, 0.15) is 0 Å². The zero-order valence-corrected chi connectivity index (χ0v) is 5.46. The summed E-state index contributed by atoms with van der Waals surface area (Å²) in [6.45, 7) is 4.32. The molecule has 2 heteroatoms. The summed E-state index contributed by atoms with van der Waals surface area (Å²) in [6, 6.07) is 0. The summed E-state index contributed by atoms with van der Waals surface area (Å²) in [4.78, 5) is 4.41. The predicted molar refractivity (Wildman–Crippen MR) is 34.1 cm³/mol. The molecule has 0 amide bonds. The van der Waals surface area contributed by atoms with E-state index < -0.39 is 0 Å². The first-order chi connectivity index (χ1) is 3.83. The van der Waals surface area contributed by atoms with Gasteiger partial charge in [-0.2, -0.15) is 0 Å². The molecule has 0 fully saturated rings. The lowest BCUT2D eigenvalue weighted by Crippen LogP contribution is -2.21. The molecule has 1 aliphatic rings. The molecule has 1 rings (SSSR count). The molecule has 1 heterocycles. The molecule has 0 aromatic rings. The number of hydrogen-bond acceptors (Lipinski definition) is 2. The van der Waals surface area contributed by atoms with Crippen LogP contribution in [-0.2, 0) is 0 Å². The highest BCUT2D eigenvalue weighted by atomic mass is 15.3. The molecule has 0 aromatic carbocycles. The summed E-state index contributed by atoms with van der Waals surface area (Å²) in [5.41, 5.74) is 0. The average Bonchev–Trinajstić information content (AvgIpc) is 2.14. The normalized spacial score (nSPS) is 18.2. The zero-order chi connectivity index (χ0) is 5.98. The van der Waals surface area contributed by atoms with E-state index in [1.54, 1.807) is 0 Å². The van der Waals surface area contributed by atoms with Gasteiger partial charge >= 0.3 is 0 Å². The Bertz CT molecular complexity index is 98.7. The third kappa shape index (κ3) is 0.941. The largest absolute Gasteiger partial charge is 0.362 e. The maximum Gasteiger partial charge on any atom is 0.0890 e. The lowest BCUT2D eigenvalue weighted by molar-refractivity contribution is 0.308. The fourth-order valence-corrected chi connectivity index (χ4v) is 0.794. The highest BCUT2D eigenvalue weighted by Crippen LogP contribution is 2.00. The van der Waals surface area contributed by atoms with Crippen molar-refractivity contribution in [1.29, 1.82) is 0 Å². The monoisotopic (exact) mass is 112 g/mol. The van der Waals surface area contributed by atoms with Gasteiger partial charge in [0.05, 0.1) is 6.67 Å². The number of rotatable bonds is 1. The molecule has 0 saturated heterocycles. The molecule has 0 saturated carbocycles. The number of hydrogen-bond donors (Lipinski definition) is 0. The second-order valence-electron chi connectivity index (χ2n) is 2.10. The Morgan fingerprint density at radius 1 is 1.50 bits per heavy atom. The minimum Gasteiger partial charge on any atom is -0.362 e. The maximum absolute atomic E-state index is 2.25. The van der Waals surface area contributed by atoms with Crippen LogP contribution in [0.5, 0.6) is 0 Å². The molecule has 0 aromatic heterocycles. The Kier molecular flexibility index (Phi) is 1.42. The van der Waals surface area contributed by atoms with Gasteiger partial charge in [-0.3, -0.25) is 0 Å². The van der Waals surface area contributed by atoms with Crippen LogP contribution in [0.1, 0.15) is 6.92 Å². The van der Waals surface area contributed by atoms with Crippen LogP contribution in [0, 0.1) is 0 Å². The van der Waals surface area contributed by atoms with Crippen LogP contribution in [0.3, 0.4) is 0 Å². The van der Waals surface area contributed by atoms with E-state index in [0.29, 0.717) is 0 Å². The fourth-order valence-electron chi connectivity index (χ4n) is 0.794. The summed E-state index contributed by atoms with van der Waals surface area (Å²) in [5.74, 6) is 0.